The summed E-state index contributed by atoms with van der Waals surface area (Å²) in [7, 11) is 4.07. The van der Waals surface area contributed by atoms with Crippen molar-refractivity contribution in [3.05, 3.63) is 59.4 Å². The predicted molar refractivity (Wildman–Crippen MR) is 108 cm³/mol. The molecular formula is C22H24N3O5+. The summed E-state index contributed by atoms with van der Waals surface area (Å²) in [6, 6.07) is 7.79. The third-order valence-electron chi connectivity index (χ3n) is 5.26. The summed E-state index contributed by atoms with van der Waals surface area (Å²) in [4.78, 5) is 32.7. The highest BCUT2D eigenvalue weighted by atomic mass is 16.7. The smallest absolute Gasteiger partial charge is 0.295 e. The highest BCUT2D eigenvalue weighted by Crippen LogP contribution is 2.41. The van der Waals surface area contributed by atoms with Gasteiger partial charge in [-0.1, -0.05) is 6.07 Å². The van der Waals surface area contributed by atoms with E-state index in [0.29, 0.717) is 29.2 Å². The molecule has 1 aromatic carbocycles. The SMILES string of the molecule is C[NH+](C)CCCN1C(=O)C(=O)C(=C(O)c2ccc3c(c2)OCO3)C1c1cccnc1. The third kappa shape index (κ3) is 3.61. The van der Waals surface area contributed by atoms with Gasteiger partial charge in [-0.25, -0.2) is 0 Å². The largest absolute Gasteiger partial charge is 0.507 e. The average Bonchev–Trinajstić information content (AvgIpc) is 3.31. The Labute approximate surface area is 174 Å². The summed E-state index contributed by atoms with van der Waals surface area (Å²) in [5, 5.41) is 11.1. The number of carbonyl (C=O) groups excluding carboxylic acids is 2. The lowest BCUT2D eigenvalue weighted by Gasteiger charge is -2.25. The van der Waals surface area contributed by atoms with Gasteiger partial charge >= 0.3 is 0 Å². The van der Waals surface area contributed by atoms with E-state index in [9.17, 15) is 14.7 Å². The van der Waals surface area contributed by atoms with Gasteiger partial charge in [-0.05, 0) is 29.8 Å². The Morgan fingerprint density at radius 1 is 1.23 bits per heavy atom. The van der Waals surface area contributed by atoms with E-state index in [1.54, 1.807) is 42.7 Å². The number of aromatic nitrogens is 1. The van der Waals surface area contributed by atoms with Crippen molar-refractivity contribution in [2.45, 2.75) is 12.5 Å². The maximum Gasteiger partial charge on any atom is 0.295 e. The second-order valence-electron chi connectivity index (χ2n) is 7.66. The number of likely N-dealkylation sites (tertiary alicyclic amines) is 1. The zero-order chi connectivity index (χ0) is 21.3. The molecule has 156 valence electrons. The number of carbonyl (C=O) groups is 2. The second kappa shape index (κ2) is 8.16. The minimum Gasteiger partial charge on any atom is -0.507 e. The first-order valence-corrected chi connectivity index (χ1v) is 9.84. The number of hydrogen-bond donors (Lipinski definition) is 2. The number of fused-ring (bicyclic) bond motifs is 1. The number of amides is 1. The van der Waals surface area contributed by atoms with Crippen LogP contribution in [0.1, 0.15) is 23.6 Å². The Kier molecular flexibility index (Phi) is 5.41. The molecule has 0 aliphatic carbocycles. The third-order valence-corrected chi connectivity index (χ3v) is 5.26. The number of Topliss-reactive ketones (excluding diaryl/α,β-unsaturated/α-hetero) is 1. The Hall–Kier alpha value is -3.39. The molecule has 0 bridgehead atoms. The molecule has 3 heterocycles. The van der Waals surface area contributed by atoms with E-state index in [4.69, 9.17) is 9.47 Å². The Morgan fingerprint density at radius 3 is 2.77 bits per heavy atom. The molecule has 0 saturated carbocycles. The van der Waals surface area contributed by atoms with Crippen molar-refractivity contribution in [1.29, 1.82) is 0 Å². The lowest BCUT2D eigenvalue weighted by Crippen LogP contribution is -3.05. The molecule has 1 unspecified atom stereocenters. The summed E-state index contributed by atoms with van der Waals surface area (Å²) in [5.74, 6) is -0.487. The molecule has 2 aliphatic rings. The van der Waals surface area contributed by atoms with Crippen LogP contribution in [0.25, 0.3) is 5.76 Å². The van der Waals surface area contributed by atoms with Gasteiger partial charge in [0.05, 0.1) is 32.3 Å². The number of rotatable bonds is 6. The summed E-state index contributed by atoms with van der Waals surface area (Å²) in [6.07, 6.45) is 3.98. The molecule has 1 amide bonds. The van der Waals surface area contributed by atoms with Gasteiger partial charge in [-0.15, -0.1) is 0 Å². The number of benzene rings is 1. The molecular weight excluding hydrogens is 386 g/mol. The lowest BCUT2D eigenvalue weighted by molar-refractivity contribution is -0.858. The van der Waals surface area contributed by atoms with Gasteiger partial charge in [0, 0.05) is 30.9 Å². The van der Waals surface area contributed by atoms with Crippen LogP contribution in [0.3, 0.4) is 0 Å². The first kappa shape index (κ1) is 19.9. The van der Waals surface area contributed by atoms with Crippen LogP contribution in [0, 0.1) is 0 Å². The van der Waals surface area contributed by atoms with Gasteiger partial charge < -0.3 is 24.4 Å². The van der Waals surface area contributed by atoms with Crippen LogP contribution < -0.4 is 14.4 Å². The zero-order valence-corrected chi connectivity index (χ0v) is 16.9. The van der Waals surface area contributed by atoms with Crippen molar-refractivity contribution < 1.29 is 29.1 Å². The van der Waals surface area contributed by atoms with E-state index in [1.807, 2.05) is 14.1 Å². The average molecular weight is 410 g/mol. The monoisotopic (exact) mass is 410 g/mol. The highest BCUT2D eigenvalue weighted by Gasteiger charge is 2.46. The minimum atomic E-state index is -0.698. The molecule has 4 rings (SSSR count). The maximum atomic E-state index is 13.0. The predicted octanol–water partition coefficient (Wildman–Crippen LogP) is 0.767. The van der Waals surface area contributed by atoms with E-state index < -0.39 is 17.7 Å². The van der Waals surface area contributed by atoms with Crippen LogP contribution in [0.5, 0.6) is 11.5 Å². The van der Waals surface area contributed by atoms with Crippen molar-refractivity contribution >= 4 is 17.4 Å². The normalized spacial score (nSPS) is 19.7. The number of hydrogen-bond acceptors (Lipinski definition) is 6. The number of quaternary nitrogens is 1. The molecule has 30 heavy (non-hydrogen) atoms. The fraction of sp³-hybridized carbons (Fsp3) is 0.318. The summed E-state index contributed by atoms with van der Waals surface area (Å²) < 4.78 is 10.7. The van der Waals surface area contributed by atoms with E-state index in [2.05, 4.69) is 4.98 Å². The molecule has 1 aromatic heterocycles. The van der Waals surface area contributed by atoms with E-state index in [1.165, 1.54) is 9.80 Å². The molecule has 1 fully saturated rings. The second-order valence-corrected chi connectivity index (χ2v) is 7.66. The Balaban J connectivity index is 1.77. The molecule has 2 aromatic rings. The molecule has 8 heteroatoms. The molecule has 0 radical (unpaired) electrons. The van der Waals surface area contributed by atoms with Gasteiger partial charge in [-0.2, -0.15) is 0 Å². The fourth-order valence-corrected chi connectivity index (χ4v) is 3.80. The van der Waals surface area contributed by atoms with Crippen molar-refractivity contribution in [2.24, 2.45) is 0 Å². The van der Waals surface area contributed by atoms with E-state index in [-0.39, 0.29) is 18.1 Å². The number of nitrogens with one attached hydrogen (secondary N) is 1. The number of ether oxygens (including phenoxy) is 2. The summed E-state index contributed by atoms with van der Waals surface area (Å²) in [6.45, 7) is 1.37. The molecule has 1 atom stereocenters. The number of pyridine rings is 1. The quantitative estimate of drug-likeness (QED) is 0.415. The zero-order valence-electron chi connectivity index (χ0n) is 16.9. The molecule has 2 aliphatic heterocycles. The van der Waals surface area contributed by atoms with Crippen molar-refractivity contribution in [3.8, 4) is 11.5 Å². The first-order valence-electron chi connectivity index (χ1n) is 9.84. The van der Waals surface area contributed by atoms with Crippen LogP contribution in [-0.2, 0) is 9.59 Å². The van der Waals surface area contributed by atoms with Crippen molar-refractivity contribution in [1.82, 2.24) is 9.88 Å². The topological polar surface area (TPSA) is 93.4 Å². The summed E-state index contributed by atoms with van der Waals surface area (Å²) >= 11 is 0. The Bertz CT molecular complexity index is 1000. The fourth-order valence-electron chi connectivity index (χ4n) is 3.80. The van der Waals surface area contributed by atoms with Gasteiger partial charge in [0.25, 0.3) is 11.7 Å². The maximum absolute atomic E-state index is 13.0. The number of nitrogens with zero attached hydrogens (tertiary/aromatic N) is 2. The first-order chi connectivity index (χ1) is 14.5. The molecule has 8 nitrogen and oxygen atoms in total. The van der Waals surface area contributed by atoms with E-state index >= 15 is 0 Å². The van der Waals surface area contributed by atoms with Crippen LogP contribution in [0.2, 0.25) is 0 Å². The highest BCUT2D eigenvalue weighted by molar-refractivity contribution is 6.46. The van der Waals surface area contributed by atoms with Crippen LogP contribution >= 0.6 is 0 Å². The number of ketones is 1. The van der Waals surface area contributed by atoms with Crippen LogP contribution in [0.15, 0.2) is 48.3 Å². The number of aliphatic hydroxyl groups is 1. The standard InChI is InChI=1S/C22H23N3O5/c1-24(2)9-4-10-25-19(15-5-3-8-23-12-15)18(21(27)22(25)28)20(26)14-6-7-16-17(11-14)30-13-29-16/h3,5-8,11-12,19,26H,4,9-10,13H2,1-2H3/p+1. The summed E-state index contributed by atoms with van der Waals surface area (Å²) in [5.41, 5.74) is 1.13. The molecule has 1 saturated heterocycles. The minimum absolute atomic E-state index is 0.0593. The van der Waals surface area contributed by atoms with Gasteiger partial charge in [0.2, 0.25) is 6.79 Å². The van der Waals surface area contributed by atoms with Crippen LogP contribution in [0.4, 0.5) is 0 Å². The van der Waals surface area contributed by atoms with Crippen molar-refractivity contribution in [2.75, 3.05) is 34.0 Å². The Morgan fingerprint density at radius 2 is 2.03 bits per heavy atom. The van der Waals surface area contributed by atoms with Gasteiger partial charge in [-0.3, -0.25) is 14.6 Å². The molecule has 2 N–H and O–H groups in total. The number of aliphatic hydroxyl groups excluding tert-OH is 1. The van der Waals surface area contributed by atoms with Crippen molar-refractivity contribution in [3.63, 3.8) is 0 Å². The van der Waals surface area contributed by atoms with Gasteiger partial charge in [0.15, 0.2) is 11.5 Å². The molecule has 0 spiro atoms. The van der Waals surface area contributed by atoms with Crippen LogP contribution in [-0.4, -0.2) is 60.7 Å². The lowest BCUT2D eigenvalue weighted by atomic mass is 9.96. The van der Waals surface area contributed by atoms with E-state index in [0.717, 1.165) is 13.0 Å². The van der Waals surface area contributed by atoms with Gasteiger partial charge in [0.1, 0.15) is 5.76 Å².